The van der Waals surface area contributed by atoms with Crippen LogP contribution in [0, 0.1) is 0 Å². The van der Waals surface area contributed by atoms with E-state index in [1.807, 2.05) is 31.2 Å². The first-order valence-corrected chi connectivity index (χ1v) is 6.72. The highest BCUT2D eigenvalue weighted by atomic mass is 79.9. The second kappa shape index (κ2) is 6.49. The lowest BCUT2D eigenvalue weighted by atomic mass is 10.2. The van der Waals surface area contributed by atoms with Crippen LogP contribution >= 0.6 is 15.9 Å². The summed E-state index contributed by atoms with van der Waals surface area (Å²) in [4.78, 5) is 8.50. The smallest absolute Gasteiger partial charge is 0.219 e. The molecule has 19 heavy (non-hydrogen) atoms. The van der Waals surface area contributed by atoms with E-state index in [9.17, 15) is 0 Å². The van der Waals surface area contributed by atoms with Crippen molar-refractivity contribution < 1.29 is 4.74 Å². The SMILES string of the molecule is CCc1nc(NN)cc(OCc2cccc(Br)c2)n1. The van der Waals surface area contributed by atoms with Crippen molar-refractivity contribution in [3.63, 3.8) is 0 Å². The first-order valence-electron chi connectivity index (χ1n) is 5.93. The van der Waals surface area contributed by atoms with Crippen LogP contribution in [0.4, 0.5) is 5.82 Å². The molecule has 6 heteroatoms. The second-order valence-electron chi connectivity index (χ2n) is 3.92. The summed E-state index contributed by atoms with van der Waals surface area (Å²) in [5.74, 6) is 7.13. The van der Waals surface area contributed by atoms with Gasteiger partial charge in [0.25, 0.3) is 0 Å². The predicted octanol–water partition coefficient (Wildman–Crippen LogP) is 2.67. The van der Waals surface area contributed by atoms with Crippen molar-refractivity contribution in [2.45, 2.75) is 20.0 Å². The van der Waals surface area contributed by atoms with E-state index in [0.717, 1.165) is 16.5 Å². The molecule has 3 N–H and O–H groups in total. The minimum atomic E-state index is 0.448. The largest absolute Gasteiger partial charge is 0.473 e. The molecular formula is C13H15BrN4O. The molecule has 0 bridgehead atoms. The number of nitrogens with two attached hydrogens (primary N) is 1. The Kier molecular flexibility index (Phi) is 4.70. The fraction of sp³-hybridized carbons (Fsp3) is 0.231. The zero-order chi connectivity index (χ0) is 13.7. The Morgan fingerprint density at radius 1 is 1.32 bits per heavy atom. The number of ether oxygens (including phenoxy) is 1. The normalized spacial score (nSPS) is 10.3. The van der Waals surface area contributed by atoms with Crippen molar-refractivity contribution in [1.29, 1.82) is 0 Å². The number of aromatic nitrogens is 2. The van der Waals surface area contributed by atoms with E-state index in [1.54, 1.807) is 6.07 Å². The number of nitrogens with zero attached hydrogens (tertiary/aromatic N) is 2. The van der Waals surface area contributed by atoms with E-state index >= 15 is 0 Å². The van der Waals surface area contributed by atoms with E-state index < -0.39 is 0 Å². The molecule has 0 saturated heterocycles. The lowest BCUT2D eigenvalue weighted by Gasteiger charge is -2.08. The van der Waals surface area contributed by atoms with Gasteiger partial charge in [-0.3, -0.25) is 0 Å². The fourth-order valence-corrected chi connectivity index (χ4v) is 2.01. The summed E-state index contributed by atoms with van der Waals surface area (Å²) in [5.41, 5.74) is 3.57. The fourth-order valence-electron chi connectivity index (χ4n) is 1.56. The van der Waals surface area contributed by atoms with E-state index in [2.05, 4.69) is 31.3 Å². The molecule has 0 aliphatic heterocycles. The van der Waals surface area contributed by atoms with E-state index in [-0.39, 0.29) is 0 Å². The highest BCUT2D eigenvalue weighted by Crippen LogP contribution is 2.16. The van der Waals surface area contributed by atoms with Gasteiger partial charge >= 0.3 is 0 Å². The highest BCUT2D eigenvalue weighted by Gasteiger charge is 2.04. The number of anilines is 1. The molecule has 100 valence electrons. The Morgan fingerprint density at radius 2 is 2.16 bits per heavy atom. The number of nitrogens with one attached hydrogen (secondary N) is 1. The van der Waals surface area contributed by atoms with Gasteiger partial charge in [-0.15, -0.1) is 0 Å². The summed E-state index contributed by atoms with van der Waals surface area (Å²) in [6, 6.07) is 9.61. The summed E-state index contributed by atoms with van der Waals surface area (Å²) < 4.78 is 6.69. The molecule has 2 aromatic rings. The van der Waals surface area contributed by atoms with Crippen LogP contribution in [-0.2, 0) is 13.0 Å². The minimum Gasteiger partial charge on any atom is -0.473 e. The van der Waals surface area contributed by atoms with Crippen LogP contribution < -0.4 is 16.0 Å². The maximum Gasteiger partial charge on any atom is 0.219 e. The highest BCUT2D eigenvalue weighted by molar-refractivity contribution is 9.10. The van der Waals surface area contributed by atoms with Crippen LogP contribution in [0.15, 0.2) is 34.8 Å². The lowest BCUT2D eigenvalue weighted by Crippen LogP contribution is -2.11. The van der Waals surface area contributed by atoms with Gasteiger partial charge in [0, 0.05) is 17.0 Å². The van der Waals surface area contributed by atoms with Crippen LogP contribution in [0.25, 0.3) is 0 Å². The number of nitrogen functional groups attached to an aromatic ring is 1. The van der Waals surface area contributed by atoms with Crippen molar-refractivity contribution in [2.24, 2.45) is 5.84 Å². The maximum atomic E-state index is 5.66. The molecule has 0 saturated carbocycles. The number of hydrogen-bond acceptors (Lipinski definition) is 5. The first kappa shape index (κ1) is 13.8. The molecular weight excluding hydrogens is 308 g/mol. The third-order valence-electron chi connectivity index (χ3n) is 2.49. The number of benzene rings is 1. The van der Waals surface area contributed by atoms with Crippen molar-refractivity contribution in [3.8, 4) is 5.88 Å². The van der Waals surface area contributed by atoms with Crippen LogP contribution in [0.2, 0.25) is 0 Å². The number of hydrogen-bond donors (Lipinski definition) is 2. The third-order valence-corrected chi connectivity index (χ3v) is 2.98. The van der Waals surface area contributed by atoms with Crippen LogP contribution in [-0.4, -0.2) is 9.97 Å². The second-order valence-corrected chi connectivity index (χ2v) is 4.84. The van der Waals surface area contributed by atoms with Crippen LogP contribution in [0.1, 0.15) is 18.3 Å². The van der Waals surface area contributed by atoms with Crippen molar-refractivity contribution in [2.75, 3.05) is 5.43 Å². The summed E-state index contributed by atoms with van der Waals surface area (Å²) in [7, 11) is 0. The van der Waals surface area contributed by atoms with Gasteiger partial charge in [-0.25, -0.2) is 10.8 Å². The third kappa shape index (κ3) is 3.90. The molecule has 0 atom stereocenters. The lowest BCUT2D eigenvalue weighted by molar-refractivity contribution is 0.292. The Bertz CT molecular complexity index is 540. The van der Waals surface area contributed by atoms with Gasteiger partial charge in [0.15, 0.2) is 0 Å². The molecule has 0 radical (unpaired) electrons. The molecule has 1 aromatic heterocycles. The zero-order valence-corrected chi connectivity index (χ0v) is 12.1. The molecule has 0 aliphatic carbocycles. The van der Waals surface area contributed by atoms with Crippen molar-refractivity contribution in [1.82, 2.24) is 9.97 Å². The number of aryl methyl sites for hydroxylation is 1. The number of halogens is 1. The Balaban J connectivity index is 2.10. The molecule has 0 fully saturated rings. The average molecular weight is 323 g/mol. The van der Waals surface area contributed by atoms with Crippen LogP contribution in [0.3, 0.4) is 0 Å². The van der Waals surface area contributed by atoms with E-state index in [0.29, 0.717) is 24.1 Å². The van der Waals surface area contributed by atoms with Gasteiger partial charge in [0.1, 0.15) is 18.2 Å². The van der Waals surface area contributed by atoms with E-state index in [4.69, 9.17) is 10.6 Å². The molecule has 5 nitrogen and oxygen atoms in total. The molecule has 0 amide bonds. The topological polar surface area (TPSA) is 73.1 Å². The Morgan fingerprint density at radius 3 is 2.84 bits per heavy atom. The first-order chi connectivity index (χ1) is 9.21. The maximum absolute atomic E-state index is 5.66. The Labute approximate surface area is 120 Å². The molecule has 0 aliphatic rings. The number of hydrazine groups is 1. The summed E-state index contributed by atoms with van der Waals surface area (Å²) in [5, 5.41) is 0. The van der Waals surface area contributed by atoms with Gasteiger partial charge in [-0.05, 0) is 17.7 Å². The van der Waals surface area contributed by atoms with Crippen molar-refractivity contribution >= 4 is 21.7 Å². The molecule has 2 rings (SSSR count). The van der Waals surface area contributed by atoms with Gasteiger partial charge in [0.2, 0.25) is 5.88 Å². The molecule has 0 unspecified atom stereocenters. The predicted molar refractivity (Wildman–Crippen MR) is 77.7 cm³/mol. The van der Waals surface area contributed by atoms with Gasteiger partial charge in [-0.1, -0.05) is 35.0 Å². The monoisotopic (exact) mass is 322 g/mol. The average Bonchev–Trinajstić information content (AvgIpc) is 2.44. The molecule has 1 aromatic carbocycles. The van der Waals surface area contributed by atoms with Crippen molar-refractivity contribution in [3.05, 3.63) is 46.2 Å². The van der Waals surface area contributed by atoms with Gasteiger partial charge in [-0.2, -0.15) is 4.98 Å². The summed E-state index contributed by atoms with van der Waals surface area (Å²) in [6.45, 7) is 2.43. The number of rotatable bonds is 5. The molecule has 0 spiro atoms. The van der Waals surface area contributed by atoms with Gasteiger partial charge in [0.05, 0.1) is 0 Å². The minimum absolute atomic E-state index is 0.448. The van der Waals surface area contributed by atoms with Gasteiger partial charge < -0.3 is 10.2 Å². The van der Waals surface area contributed by atoms with E-state index in [1.165, 1.54) is 0 Å². The zero-order valence-electron chi connectivity index (χ0n) is 10.6. The summed E-state index contributed by atoms with van der Waals surface area (Å²) >= 11 is 3.43. The van der Waals surface area contributed by atoms with Crippen LogP contribution in [0.5, 0.6) is 5.88 Å². The molecule has 1 heterocycles. The quantitative estimate of drug-likeness (QED) is 0.654. The Hall–Kier alpha value is -1.66. The summed E-state index contributed by atoms with van der Waals surface area (Å²) in [6.07, 6.45) is 0.725. The standard InChI is InChI=1S/C13H15BrN4O/c1-2-11-16-12(18-15)7-13(17-11)19-8-9-4-3-5-10(14)6-9/h3-7H,2,8,15H2,1H3,(H,16,17,18).